The molecule has 1 aliphatic heterocycles. The third-order valence-electron chi connectivity index (χ3n) is 6.63. The number of carbonyl (C=O) groups excluding carboxylic acids is 2. The maximum absolute atomic E-state index is 13.6. The van der Waals surface area contributed by atoms with Crippen molar-refractivity contribution >= 4 is 11.8 Å². The molecule has 4 rings (SSSR count). The van der Waals surface area contributed by atoms with Gasteiger partial charge in [-0.2, -0.15) is 0 Å². The van der Waals surface area contributed by atoms with Crippen LogP contribution in [0.3, 0.4) is 0 Å². The summed E-state index contributed by atoms with van der Waals surface area (Å²) in [6.07, 6.45) is 2.57. The topological polar surface area (TPSA) is 61.4 Å². The van der Waals surface area contributed by atoms with E-state index in [-0.39, 0.29) is 23.6 Å². The van der Waals surface area contributed by atoms with Crippen molar-refractivity contribution in [3.05, 3.63) is 70.3 Å². The van der Waals surface area contributed by atoms with Gasteiger partial charge in [0.15, 0.2) is 11.6 Å². The molecule has 2 unspecified atom stereocenters. The second-order valence-electron chi connectivity index (χ2n) is 8.86. The van der Waals surface area contributed by atoms with Crippen LogP contribution in [0, 0.1) is 31.4 Å². The normalized spacial score (nSPS) is 20.6. The number of amides is 2. The molecule has 0 aromatic heterocycles. The number of hydrogen-bond donors (Lipinski definition) is 2. The molecule has 2 N–H and O–H groups in total. The fourth-order valence-corrected chi connectivity index (χ4v) is 4.33. The summed E-state index contributed by atoms with van der Waals surface area (Å²) in [5, 5.41) is 6.16. The summed E-state index contributed by atoms with van der Waals surface area (Å²) in [6.45, 7) is 5.84. The van der Waals surface area contributed by atoms with Crippen LogP contribution in [0.15, 0.2) is 36.4 Å². The summed E-state index contributed by atoms with van der Waals surface area (Å²) in [6, 6.07) is 9.08. The minimum atomic E-state index is -1.07. The van der Waals surface area contributed by atoms with Crippen LogP contribution in [0.1, 0.15) is 46.3 Å². The van der Waals surface area contributed by atoms with Gasteiger partial charge in [-0.05, 0) is 74.5 Å². The molecule has 2 aliphatic rings. The van der Waals surface area contributed by atoms with Crippen molar-refractivity contribution < 1.29 is 18.4 Å². The van der Waals surface area contributed by atoms with Crippen LogP contribution in [0.25, 0.3) is 0 Å². The number of piperidine rings is 1. The van der Waals surface area contributed by atoms with Gasteiger partial charge in [0.25, 0.3) is 5.91 Å². The van der Waals surface area contributed by atoms with Crippen LogP contribution >= 0.6 is 0 Å². The summed E-state index contributed by atoms with van der Waals surface area (Å²) >= 11 is 0. The summed E-state index contributed by atoms with van der Waals surface area (Å²) in [7, 11) is 0. The molecule has 1 saturated carbocycles. The number of carbonyl (C=O) groups is 2. The first-order valence-corrected chi connectivity index (χ1v) is 11.2. The molecule has 0 radical (unpaired) electrons. The zero-order chi connectivity index (χ0) is 22.8. The molecule has 7 heteroatoms. The van der Waals surface area contributed by atoms with E-state index in [1.807, 2.05) is 11.0 Å². The van der Waals surface area contributed by atoms with E-state index in [1.165, 1.54) is 17.2 Å². The SMILES string of the molecule is Cc1cccc(CN(C(=O)C2CNCCC2NC(=O)c2ccc(F)c(F)c2)C2CC2)c1C. The van der Waals surface area contributed by atoms with Gasteiger partial charge in [-0.25, -0.2) is 8.78 Å². The van der Waals surface area contributed by atoms with Crippen molar-refractivity contribution in [1.29, 1.82) is 0 Å². The lowest BCUT2D eigenvalue weighted by molar-refractivity contribution is -0.138. The molecule has 1 heterocycles. The molecule has 1 aliphatic carbocycles. The van der Waals surface area contributed by atoms with Crippen molar-refractivity contribution in [2.75, 3.05) is 13.1 Å². The molecule has 32 heavy (non-hydrogen) atoms. The molecule has 0 bridgehead atoms. The number of aryl methyl sites for hydroxylation is 1. The van der Waals surface area contributed by atoms with Gasteiger partial charge in [-0.3, -0.25) is 9.59 Å². The lowest BCUT2D eigenvalue weighted by Crippen LogP contribution is -2.55. The molecule has 2 amide bonds. The number of halogens is 2. The highest BCUT2D eigenvalue weighted by Crippen LogP contribution is 2.32. The Hall–Kier alpha value is -2.80. The Kier molecular flexibility index (Phi) is 6.55. The Morgan fingerprint density at radius 3 is 2.59 bits per heavy atom. The highest BCUT2D eigenvalue weighted by molar-refractivity contribution is 5.95. The maximum Gasteiger partial charge on any atom is 0.251 e. The van der Waals surface area contributed by atoms with Crippen LogP contribution in [0.4, 0.5) is 8.78 Å². The fourth-order valence-electron chi connectivity index (χ4n) is 4.33. The summed E-state index contributed by atoms with van der Waals surface area (Å²) < 4.78 is 26.8. The average Bonchev–Trinajstić information content (AvgIpc) is 3.62. The predicted octanol–water partition coefficient (Wildman–Crippen LogP) is 3.48. The van der Waals surface area contributed by atoms with Gasteiger partial charge < -0.3 is 15.5 Å². The third kappa shape index (κ3) is 4.83. The van der Waals surface area contributed by atoms with E-state index in [4.69, 9.17) is 0 Å². The minimum Gasteiger partial charge on any atom is -0.348 e. The van der Waals surface area contributed by atoms with E-state index < -0.39 is 23.5 Å². The van der Waals surface area contributed by atoms with Crippen molar-refractivity contribution in [3.8, 4) is 0 Å². The van der Waals surface area contributed by atoms with Crippen molar-refractivity contribution in [2.45, 2.75) is 51.7 Å². The van der Waals surface area contributed by atoms with Crippen molar-refractivity contribution in [1.82, 2.24) is 15.5 Å². The van der Waals surface area contributed by atoms with Gasteiger partial charge in [-0.15, -0.1) is 0 Å². The van der Waals surface area contributed by atoms with Crippen LogP contribution in [-0.2, 0) is 11.3 Å². The van der Waals surface area contributed by atoms with E-state index in [0.29, 0.717) is 26.1 Å². The van der Waals surface area contributed by atoms with Gasteiger partial charge in [0.1, 0.15) is 0 Å². The summed E-state index contributed by atoms with van der Waals surface area (Å²) in [4.78, 5) is 28.3. The summed E-state index contributed by atoms with van der Waals surface area (Å²) in [5.74, 6) is -2.95. The van der Waals surface area contributed by atoms with Gasteiger partial charge in [0.2, 0.25) is 5.91 Å². The van der Waals surface area contributed by atoms with E-state index in [1.54, 1.807) is 0 Å². The average molecular weight is 442 g/mol. The number of nitrogens with one attached hydrogen (secondary N) is 2. The lowest BCUT2D eigenvalue weighted by Gasteiger charge is -2.36. The van der Waals surface area contributed by atoms with Gasteiger partial charge in [-0.1, -0.05) is 18.2 Å². The molecular weight excluding hydrogens is 412 g/mol. The Bertz CT molecular complexity index is 1020. The zero-order valence-electron chi connectivity index (χ0n) is 18.5. The van der Waals surface area contributed by atoms with Crippen LogP contribution < -0.4 is 10.6 Å². The Morgan fingerprint density at radius 2 is 1.88 bits per heavy atom. The van der Waals surface area contributed by atoms with Gasteiger partial charge >= 0.3 is 0 Å². The predicted molar refractivity (Wildman–Crippen MR) is 118 cm³/mol. The molecule has 1 saturated heterocycles. The molecule has 2 fully saturated rings. The van der Waals surface area contributed by atoms with E-state index in [2.05, 4.69) is 36.6 Å². The largest absolute Gasteiger partial charge is 0.348 e. The number of rotatable bonds is 6. The molecule has 0 spiro atoms. The van der Waals surface area contributed by atoms with E-state index in [0.717, 1.165) is 30.5 Å². The first kappa shape index (κ1) is 22.4. The quantitative estimate of drug-likeness (QED) is 0.722. The molecule has 5 nitrogen and oxygen atoms in total. The van der Waals surface area contributed by atoms with Crippen molar-refractivity contribution in [3.63, 3.8) is 0 Å². The van der Waals surface area contributed by atoms with Crippen LogP contribution in [0.5, 0.6) is 0 Å². The Morgan fingerprint density at radius 1 is 1.09 bits per heavy atom. The minimum absolute atomic E-state index is 0.0243. The molecule has 170 valence electrons. The summed E-state index contributed by atoms with van der Waals surface area (Å²) in [5.41, 5.74) is 3.57. The van der Waals surface area contributed by atoms with Crippen molar-refractivity contribution in [2.24, 2.45) is 5.92 Å². The number of benzene rings is 2. The molecule has 2 aromatic rings. The Labute approximate surface area is 187 Å². The van der Waals surface area contributed by atoms with E-state index >= 15 is 0 Å². The smallest absolute Gasteiger partial charge is 0.251 e. The first-order chi connectivity index (χ1) is 15.3. The number of hydrogen-bond acceptors (Lipinski definition) is 3. The maximum atomic E-state index is 13.6. The van der Waals surface area contributed by atoms with Gasteiger partial charge in [0.05, 0.1) is 5.92 Å². The second-order valence-corrected chi connectivity index (χ2v) is 8.86. The lowest BCUT2D eigenvalue weighted by atomic mass is 9.91. The second kappa shape index (κ2) is 9.36. The first-order valence-electron chi connectivity index (χ1n) is 11.2. The standard InChI is InChI=1S/C25H29F2N3O2/c1-15-4-3-5-18(16(15)2)14-30(19-7-8-19)25(32)20-13-28-11-10-23(20)29-24(31)17-6-9-21(26)22(27)12-17/h3-6,9,12,19-20,23,28H,7-8,10-11,13-14H2,1-2H3,(H,29,31). The number of nitrogens with zero attached hydrogens (tertiary/aromatic N) is 1. The highest BCUT2D eigenvalue weighted by Gasteiger charge is 2.40. The van der Waals surface area contributed by atoms with Crippen LogP contribution in [0.2, 0.25) is 0 Å². The highest BCUT2D eigenvalue weighted by atomic mass is 19.2. The fraction of sp³-hybridized carbons (Fsp3) is 0.440. The molecule has 2 atom stereocenters. The third-order valence-corrected chi connectivity index (χ3v) is 6.63. The Balaban J connectivity index is 1.51. The molecular formula is C25H29F2N3O2. The van der Waals surface area contributed by atoms with Crippen LogP contribution in [-0.4, -0.2) is 41.9 Å². The monoisotopic (exact) mass is 441 g/mol. The zero-order valence-corrected chi connectivity index (χ0v) is 18.5. The van der Waals surface area contributed by atoms with E-state index in [9.17, 15) is 18.4 Å². The van der Waals surface area contributed by atoms with Gasteiger partial charge in [0, 0.05) is 30.7 Å². The molecule has 2 aromatic carbocycles.